The highest BCUT2D eigenvalue weighted by Crippen LogP contribution is 2.25. The van der Waals surface area contributed by atoms with Crippen LogP contribution in [0.3, 0.4) is 0 Å². The fourth-order valence-electron chi connectivity index (χ4n) is 3.65. The zero-order valence-corrected chi connectivity index (χ0v) is 20.6. The van der Waals surface area contributed by atoms with Crippen LogP contribution < -0.4 is 10.6 Å². The van der Waals surface area contributed by atoms with Crippen LogP contribution in [-0.4, -0.2) is 35.7 Å². The van der Waals surface area contributed by atoms with E-state index in [1.54, 1.807) is 33.8 Å². The van der Waals surface area contributed by atoms with Crippen molar-refractivity contribution in [1.29, 1.82) is 0 Å². The minimum absolute atomic E-state index is 0.218. The Kier molecular flexibility index (Phi) is 5.87. The molecule has 0 bridgehead atoms. The van der Waals surface area contributed by atoms with E-state index in [2.05, 4.69) is 31.0 Å². The van der Waals surface area contributed by atoms with E-state index in [9.17, 15) is 4.79 Å². The van der Waals surface area contributed by atoms with Crippen molar-refractivity contribution in [2.24, 2.45) is 7.05 Å². The fourth-order valence-corrected chi connectivity index (χ4v) is 4.33. The van der Waals surface area contributed by atoms with Gasteiger partial charge < -0.3 is 10.6 Å². The molecule has 1 aromatic carbocycles. The van der Waals surface area contributed by atoms with Crippen molar-refractivity contribution in [3.05, 3.63) is 82.6 Å². The Bertz CT molecular complexity index is 1480. The maximum Gasteiger partial charge on any atom is 0.273 e. The van der Waals surface area contributed by atoms with Crippen molar-refractivity contribution in [3.63, 3.8) is 0 Å². The fraction of sp³-hybridized carbons (Fsp3) is 0.160. The summed E-state index contributed by atoms with van der Waals surface area (Å²) in [7, 11) is 1.77. The molecule has 0 fully saturated rings. The molecule has 5 rings (SSSR count). The highest BCUT2D eigenvalue weighted by Gasteiger charge is 2.15. The molecule has 10 heteroatoms. The average molecular weight is 485 g/mol. The van der Waals surface area contributed by atoms with Gasteiger partial charge in [0.15, 0.2) is 11.6 Å². The second-order valence-corrected chi connectivity index (χ2v) is 9.10. The lowest BCUT2D eigenvalue weighted by Crippen LogP contribution is -2.16. The molecule has 1 amide bonds. The van der Waals surface area contributed by atoms with Crippen molar-refractivity contribution in [2.45, 2.75) is 20.8 Å². The van der Waals surface area contributed by atoms with Gasteiger partial charge in [0.1, 0.15) is 11.4 Å². The minimum Gasteiger partial charge on any atom is -0.339 e. The number of hydrogen-bond acceptors (Lipinski definition) is 7. The number of rotatable bonds is 6. The topological polar surface area (TPSA) is 103 Å². The largest absolute Gasteiger partial charge is 0.339 e. The molecule has 0 atom stereocenters. The van der Waals surface area contributed by atoms with E-state index in [4.69, 9.17) is 0 Å². The molecular formula is C25H24N8OS. The molecule has 0 saturated carbocycles. The van der Waals surface area contributed by atoms with Gasteiger partial charge in [0, 0.05) is 24.1 Å². The summed E-state index contributed by atoms with van der Waals surface area (Å²) in [5, 5.41) is 25.7. The Morgan fingerprint density at radius 3 is 2.34 bits per heavy atom. The normalized spacial score (nSPS) is 11.0. The van der Waals surface area contributed by atoms with Gasteiger partial charge in [-0.05, 0) is 80.2 Å². The Balaban J connectivity index is 1.24. The summed E-state index contributed by atoms with van der Waals surface area (Å²) < 4.78 is 3.39. The molecule has 176 valence electrons. The second-order valence-electron chi connectivity index (χ2n) is 8.16. The lowest BCUT2D eigenvalue weighted by atomic mass is 10.2. The first-order valence-corrected chi connectivity index (χ1v) is 11.9. The number of aromatic nitrogens is 6. The number of amides is 1. The third-order valence-corrected chi connectivity index (χ3v) is 6.71. The van der Waals surface area contributed by atoms with Crippen LogP contribution in [0.4, 0.5) is 17.2 Å². The molecule has 4 heterocycles. The van der Waals surface area contributed by atoms with Crippen LogP contribution in [-0.2, 0) is 7.05 Å². The Morgan fingerprint density at radius 1 is 0.943 bits per heavy atom. The first-order valence-electron chi connectivity index (χ1n) is 11.0. The van der Waals surface area contributed by atoms with Crippen LogP contribution in [0.2, 0.25) is 0 Å². The summed E-state index contributed by atoms with van der Waals surface area (Å²) in [5.74, 6) is 1.06. The molecule has 0 spiro atoms. The summed E-state index contributed by atoms with van der Waals surface area (Å²) in [6, 6.07) is 16.9. The van der Waals surface area contributed by atoms with Gasteiger partial charge in [-0.2, -0.15) is 10.2 Å². The number of nitrogens with one attached hydrogen (secondary N) is 2. The van der Waals surface area contributed by atoms with E-state index in [0.717, 1.165) is 33.2 Å². The van der Waals surface area contributed by atoms with E-state index in [-0.39, 0.29) is 5.91 Å². The lowest BCUT2D eigenvalue weighted by Gasteiger charge is -2.09. The van der Waals surface area contributed by atoms with Crippen LogP contribution in [0.15, 0.2) is 60.0 Å². The van der Waals surface area contributed by atoms with Gasteiger partial charge in [-0.1, -0.05) is 6.07 Å². The number of anilines is 3. The molecule has 9 nitrogen and oxygen atoms in total. The van der Waals surface area contributed by atoms with Gasteiger partial charge in [-0.15, -0.1) is 21.5 Å². The Morgan fingerprint density at radius 2 is 1.71 bits per heavy atom. The van der Waals surface area contributed by atoms with Crippen LogP contribution in [0.5, 0.6) is 0 Å². The molecule has 5 aromatic rings. The first kappa shape index (κ1) is 22.5. The second kappa shape index (κ2) is 9.15. The number of nitrogens with zero attached hydrogens (tertiary/aromatic N) is 6. The summed E-state index contributed by atoms with van der Waals surface area (Å²) in [4.78, 5) is 13.8. The Labute approximate surface area is 206 Å². The summed E-state index contributed by atoms with van der Waals surface area (Å²) in [6.45, 7) is 6.04. The molecule has 0 unspecified atom stereocenters. The average Bonchev–Trinajstić information content (AvgIpc) is 3.58. The molecule has 0 radical (unpaired) electrons. The van der Waals surface area contributed by atoms with Crippen LogP contribution in [0.25, 0.3) is 16.4 Å². The number of benzene rings is 1. The predicted octanol–water partition coefficient (Wildman–Crippen LogP) is 5.05. The summed E-state index contributed by atoms with van der Waals surface area (Å²) in [5.41, 5.74) is 5.95. The number of aryl methyl sites for hydroxylation is 2. The standard InChI is InChI=1S/C25H24N8OS/c1-15-16(2)30-33(17(15)3)24-12-11-23(28-29-24)26-18-7-9-19(10-8-18)27-25(34)21-14-20(31-32(21)4)22-6-5-13-35-22/h5-14H,1-4H3,(H,26,28)(H,27,34). The maximum absolute atomic E-state index is 12.8. The molecule has 4 aromatic heterocycles. The van der Waals surface area contributed by atoms with E-state index in [1.807, 2.05) is 74.7 Å². The smallest absolute Gasteiger partial charge is 0.273 e. The molecule has 0 aliphatic carbocycles. The van der Waals surface area contributed by atoms with Crippen molar-refractivity contribution in [3.8, 4) is 16.4 Å². The Hall–Kier alpha value is -4.31. The van der Waals surface area contributed by atoms with Gasteiger partial charge in [0.05, 0.1) is 10.6 Å². The van der Waals surface area contributed by atoms with Gasteiger partial charge in [0.25, 0.3) is 5.91 Å². The number of hydrogen-bond donors (Lipinski definition) is 2. The van der Waals surface area contributed by atoms with Gasteiger partial charge in [-0.3, -0.25) is 9.48 Å². The van der Waals surface area contributed by atoms with Crippen LogP contribution >= 0.6 is 11.3 Å². The molecule has 0 saturated heterocycles. The van der Waals surface area contributed by atoms with E-state index >= 15 is 0 Å². The number of carbonyl (C=O) groups excluding carboxylic acids is 1. The van der Waals surface area contributed by atoms with Crippen LogP contribution in [0, 0.1) is 20.8 Å². The predicted molar refractivity (Wildman–Crippen MR) is 138 cm³/mol. The van der Waals surface area contributed by atoms with Gasteiger partial charge in [-0.25, -0.2) is 4.68 Å². The summed E-state index contributed by atoms with van der Waals surface area (Å²) in [6.07, 6.45) is 0. The van der Waals surface area contributed by atoms with Crippen molar-refractivity contribution in [1.82, 2.24) is 29.8 Å². The van der Waals surface area contributed by atoms with Crippen molar-refractivity contribution in [2.75, 3.05) is 10.6 Å². The van der Waals surface area contributed by atoms with Crippen molar-refractivity contribution >= 4 is 34.4 Å². The monoisotopic (exact) mass is 484 g/mol. The number of thiophene rings is 1. The third kappa shape index (κ3) is 4.56. The summed E-state index contributed by atoms with van der Waals surface area (Å²) >= 11 is 1.59. The molecule has 2 N–H and O–H groups in total. The minimum atomic E-state index is -0.218. The molecule has 35 heavy (non-hydrogen) atoms. The maximum atomic E-state index is 12.8. The number of carbonyl (C=O) groups is 1. The third-order valence-electron chi connectivity index (χ3n) is 5.82. The first-order chi connectivity index (χ1) is 16.9. The molecule has 0 aliphatic heterocycles. The van der Waals surface area contributed by atoms with E-state index in [0.29, 0.717) is 23.0 Å². The molecule has 0 aliphatic rings. The van der Waals surface area contributed by atoms with Crippen LogP contribution in [0.1, 0.15) is 27.4 Å². The van der Waals surface area contributed by atoms with E-state index < -0.39 is 0 Å². The zero-order valence-electron chi connectivity index (χ0n) is 19.8. The SMILES string of the molecule is Cc1nn(-c2ccc(Nc3ccc(NC(=O)c4cc(-c5cccs5)nn4C)cc3)nn2)c(C)c1C. The zero-order chi connectivity index (χ0) is 24.5. The quantitative estimate of drug-likeness (QED) is 0.350. The highest BCUT2D eigenvalue weighted by atomic mass is 32.1. The van der Waals surface area contributed by atoms with Gasteiger partial charge >= 0.3 is 0 Å². The lowest BCUT2D eigenvalue weighted by molar-refractivity contribution is 0.101. The van der Waals surface area contributed by atoms with Gasteiger partial charge in [0.2, 0.25) is 0 Å². The van der Waals surface area contributed by atoms with Crippen molar-refractivity contribution < 1.29 is 4.79 Å². The highest BCUT2D eigenvalue weighted by molar-refractivity contribution is 7.13. The van der Waals surface area contributed by atoms with E-state index in [1.165, 1.54) is 0 Å². The molecular weight excluding hydrogens is 460 g/mol.